The molecule has 0 spiro atoms. The normalized spacial score (nSPS) is 13.8. The van der Waals surface area contributed by atoms with Crippen molar-refractivity contribution in [2.45, 2.75) is 39.8 Å². The van der Waals surface area contributed by atoms with Crippen molar-refractivity contribution in [2.24, 2.45) is 5.92 Å². The van der Waals surface area contributed by atoms with Gasteiger partial charge in [0.25, 0.3) is 0 Å². The Labute approximate surface area is 124 Å². The fourth-order valence-corrected chi connectivity index (χ4v) is 2.57. The third-order valence-electron chi connectivity index (χ3n) is 3.60. The summed E-state index contributed by atoms with van der Waals surface area (Å²) in [5.41, 5.74) is 1.92. The summed E-state index contributed by atoms with van der Waals surface area (Å²) in [5.74, 6) is 2.34. The van der Waals surface area contributed by atoms with Gasteiger partial charge in [0.2, 0.25) is 0 Å². The number of ether oxygens (including phenoxy) is 1. The molecule has 5 nitrogen and oxygen atoms in total. The van der Waals surface area contributed by atoms with E-state index >= 15 is 0 Å². The average Bonchev–Trinajstić information content (AvgIpc) is 3.03. The van der Waals surface area contributed by atoms with Crippen molar-refractivity contribution >= 4 is 5.78 Å². The fourth-order valence-electron chi connectivity index (χ4n) is 2.57. The van der Waals surface area contributed by atoms with Crippen molar-refractivity contribution in [3.05, 3.63) is 41.5 Å². The Hall–Kier alpha value is -2.17. The smallest absolute Gasteiger partial charge is 0.164 e. The third kappa shape index (κ3) is 2.96. The molecular weight excluding hydrogens is 266 g/mol. The van der Waals surface area contributed by atoms with Crippen LogP contribution in [0.25, 0.3) is 0 Å². The number of nitrogens with zero attached hydrogens (tertiary/aromatic N) is 3. The van der Waals surface area contributed by atoms with Crippen LogP contribution in [0, 0.1) is 5.92 Å². The molecule has 2 aromatic rings. The molecule has 5 heteroatoms. The van der Waals surface area contributed by atoms with E-state index < -0.39 is 0 Å². The molecule has 0 unspecified atom stereocenters. The van der Waals surface area contributed by atoms with E-state index in [4.69, 9.17) is 4.74 Å². The van der Waals surface area contributed by atoms with Crippen LogP contribution in [0.1, 0.15) is 42.0 Å². The number of aryl methyl sites for hydroxylation is 1. The van der Waals surface area contributed by atoms with E-state index in [1.165, 1.54) is 0 Å². The number of hydrogen-bond acceptors (Lipinski definition) is 4. The highest BCUT2D eigenvalue weighted by atomic mass is 16.5. The molecule has 0 bridgehead atoms. The number of Topliss-reactive ketones (excluding diaryl/α,β-unsaturated/α-hetero) is 1. The van der Waals surface area contributed by atoms with Crippen molar-refractivity contribution in [1.82, 2.24) is 14.8 Å². The molecule has 1 aliphatic rings. The van der Waals surface area contributed by atoms with E-state index in [-0.39, 0.29) is 5.78 Å². The van der Waals surface area contributed by atoms with Gasteiger partial charge in [-0.05, 0) is 36.1 Å². The highest BCUT2D eigenvalue weighted by Crippen LogP contribution is 2.26. The molecule has 0 saturated heterocycles. The number of hydrogen-bond donors (Lipinski definition) is 0. The zero-order valence-corrected chi connectivity index (χ0v) is 12.4. The van der Waals surface area contributed by atoms with Crippen LogP contribution in [0.5, 0.6) is 5.75 Å². The van der Waals surface area contributed by atoms with Crippen molar-refractivity contribution in [3.8, 4) is 5.75 Å². The lowest BCUT2D eigenvalue weighted by molar-refractivity contribution is 0.0994. The SMILES string of the molecule is CC(C)Cn1ncnc1COc1ccc2c(c1)CCC2=O. The Kier molecular flexibility index (Phi) is 3.73. The molecule has 1 aromatic carbocycles. The van der Waals surface area contributed by atoms with E-state index in [1.807, 2.05) is 22.9 Å². The first kappa shape index (κ1) is 13.8. The summed E-state index contributed by atoms with van der Waals surface area (Å²) in [6.45, 7) is 5.50. The van der Waals surface area contributed by atoms with E-state index in [0.717, 1.165) is 35.7 Å². The summed E-state index contributed by atoms with van der Waals surface area (Å²) < 4.78 is 7.68. The quantitative estimate of drug-likeness (QED) is 0.847. The molecule has 110 valence electrons. The van der Waals surface area contributed by atoms with Crippen LogP contribution in [0.2, 0.25) is 0 Å². The second-order valence-corrected chi connectivity index (χ2v) is 5.78. The molecule has 0 aliphatic heterocycles. The van der Waals surface area contributed by atoms with Crippen molar-refractivity contribution in [2.75, 3.05) is 0 Å². The minimum Gasteiger partial charge on any atom is -0.486 e. The first-order chi connectivity index (χ1) is 10.1. The van der Waals surface area contributed by atoms with Crippen LogP contribution in [0.15, 0.2) is 24.5 Å². The van der Waals surface area contributed by atoms with Gasteiger partial charge >= 0.3 is 0 Å². The van der Waals surface area contributed by atoms with Gasteiger partial charge in [0.05, 0.1) is 0 Å². The first-order valence-electron chi connectivity index (χ1n) is 7.29. The number of rotatable bonds is 5. The Bertz CT molecular complexity index is 661. The third-order valence-corrected chi connectivity index (χ3v) is 3.60. The predicted octanol–water partition coefficient (Wildman–Crippen LogP) is 2.64. The maximum absolute atomic E-state index is 11.6. The lowest BCUT2D eigenvalue weighted by atomic mass is 10.1. The molecule has 1 heterocycles. The molecule has 0 N–H and O–H groups in total. The van der Waals surface area contributed by atoms with Crippen LogP contribution >= 0.6 is 0 Å². The van der Waals surface area contributed by atoms with Gasteiger partial charge in [-0.15, -0.1) is 0 Å². The number of fused-ring (bicyclic) bond motifs is 1. The van der Waals surface area contributed by atoms with E-state index in [2.05, 4.69) is 23.9 Å². The first-order valence-corrected chi connectivity index (χ1v) is 7.29. The molecule has 0 atom stereocenters. The molecule has 0 radical (unpaired) electrons. The second kappa shape index (κ2) is 5.68. The topological polar surface area (TPSA) is 57.0 Å². The molecule has 21 heavy (non-hydrogen) atoms. The Morgan fingerprint density at radius 2 is 2.19 bits per heavy atom. The van der Waals surface area contributed by atoms with E-state index in [1.54, 1.807) is 6.33 Å². The molecule has 0 saturated carbocycles. The van der Waals surface area contributed by atoms with Gasteiger partial charge in [0.1, 0.15) is 18.7 Å². The largest absolute Gasteiger partial charge is 0.486 e. The molecule has 3 rings (SSSR count). The molecular formula is C16H19N3O2. The maximum Gasteiger partial charge on any atom is 0.164 e. The van der Waals surface area contributed by atoms with Gasteiger partial charge in [-0.2, -0.15) is 5.10 Å². The summed E-state index contributed by atoms with van der Waals surface area (Å²) in [6, 6.07) is 5.67. The summed E-state index contributed by atoms with van der Waals surface area (Å²) in [5, 5.41) is 4.22. The lowest BCUT2D eigenvalue weighted by Crippen LogP contribution is -2.12. The molecule has 1 aromatic heterocycles. The molecule has 0 fully saturated rings. The molecule has 0 amide bonds. The number of benzene rings is 1. The second-order valence-electron chi connectivity index (χ2n) is 5.78. The Morgan fingerprint density at radius 3 is 3.00 bits per heavy atom. The zero-order chi connectivity index (χ0) is 14.8. The van der Waals surface area contributed by atoms with E-state index in [0.29, 0.717) is 18.9 Å². The number of carbonyl (C=O) groups excluding carboxylic acids is 1. The van der Waals surface area contributed by atoms with Crippen molar-refractivity contribution in [3.63, 3.8) is 0 Å². The summed E-state index contributed by atoms with van der Waals surface area (Å²) >= 11 is 0. The van der Waals surface area contributed by atoms with Gasteiger partial charge in [0, 0.05) is 18.5 Å². The highest BCUT2D eigenvalue weighted by Gasteiger charge is 2.19. The number of ketones is 1. The van der Waals surface area contributed by atoms with E-state index in [9.17, 15) is 4.79 Å². The molecule has 1 aliphatic carbocycles. The fraction of sp³-hybridized carbons (Fsp3) is 0.438. The number of carbonyl (C=O) groups is 1. The predicted molar refractivity (Wildman–Crippen MR) is 78.3 cm³/mol. The van der Waals surface area contributed by atoms with Crippen molar-refractivity contribution in [1.29, 1.82) is 0 Å². The van der Waals surface area contributed by atoms with Crippen LogP contribution in [0.4, 0.5) is 0 Å². The monoisotopic (exact) mass is 285 g/mol. The van der Waals surface area contributed by atoms with Gasteiger partial charge in [0.15, 0.2) is 11.6 Å². The van der Waals surface area contributed by atoms with Crippen LogP contribution < -0.4 is 4.74 Å². The van der Waals surface area contributed by atoms with Crippen LogP contribution in [0.3, 0.4) is 0 Å². The van der Waals surface area contributed by atoms with Gasteiger partial charge in [-0.3, -0.25) is 4.79 Å². The minimum atomic E-state index is 0.230. The zero-order valence-electron chi connectivity index (χ0n) is 12.4. The maximum atomic E-state index is 11.6. The summed E-state index contributed by atoms with van der Waals surface area (Å²) in [4.78, 5) is 15.8. The van der Waals surface area contributed by atoms with Gasteiger partial charge in [-0.25, -0.2) is 9.67 Å². The van der Waals surface area contributed by atoms with Crippen molar-refractivity contribution < 1.29 is 9.53 Å². The Balaban J connectivity index is 1.68. The average molecular weight is 285 g/mol. The summed E-state index contributed by atoms with van der Waals surface area (Å²) in [6.07, 6.45) is 2.98. The lowest BCUT2D eigenvalue weighted by Gasteiger charge is -2.10. The van der Waals surface area contributed by atoms with Crippen LogP contribution in [-0.4, -0.2) is 20.5 Å². The Morgan fingerprint density at radius 1 is 1.33 bits per heavy atom. The minimum absolute atomic E-state index is 0.230. The van der Waals surface area contributed by atoms with Gasteiger partial charge in [-0.1, -0.05) is 13.8 Å². The van der Waals surface area contributed by atoms with Gasteiger partial charge < -0.3 is 4.74 Å². The summed E-state index contributed by atoms with van der Waals surface area (Å²) in [7, 11) is 0. The van der Waals surface area contributed by atoms with Crippen LogP contribution in [-0.2, 0) is 19.6 Å². The highest BCUT2D eigenvalue weighted by molar-refractivity contribution is 6.00. The number of aromatic nitrogens is 3. The standard InChI is InChI=1S/C16H19N3O2/c1-11(2)8-19-16(17-10-18-19)9-21-13-4-5-14-12(7-13)3-6-15(14)20/h4-5,7,10-11H,3,6,8-9H2,1-2H3.